The maximum absolute atomic E-state index is 9.46. The molecule has 0 bridgehead atoms. The van der Waals surface area contributed by atoms with E-state index in [4.69, 9.17) is 14.2 Å². The molecule has 1 N–H and O–H groups in total. The highest BCUT2D eigenvalue weighted by atomic mass is 16.5. The number of aliphatic hydroxyl groups is 1. The van der Waals surface area contributed by atoms with Crippen molar-refractivity contribution >= 4 is 0 Å². The molecule has 2 atom stereocenters. The van der Waals surface area contributed by atoms with Gasteiger partial charge in [0, 0.05) is 31.8 Å². The molecule has 2 aliphatic heterocycles. The Balaban J connectivity index is 1.50. The fourth-order valence-electron chi connectivity index (χ4n) is 3.68. The summed E-state index contributed by atoms with van der Waals surface area (Å²) in [6.45, 7) is 4.87. The predicted molar refractivity (Wildman–Crippen MR) is 92.4 cm³/mol. The van der Waals surface area contributed by atoms with E-state index >= 15 is 0 Å². The first-order valence-corrected chi connectivity index (χ1v) is 9.00. The van der Waals surface area contributed by atoms with Crippen LogP contribution in [0.15, 0.2) is 18.2 Å². The first-order chi connectivity index (χ1) is 11.8. The van der Waals surface area contributed by atoms with E-state index in [1.807, 2.05) is 12.1 Å². The van der Waals surface area contributed by atoms with Crippen LogP contribution in [0.3, 0.4) is 0 Å². The minimum Gasteiger partial charge on any atom is -0.496 e. The van der Waals surface area contributed by atoms with Gasteiger partial charge < -0.3 is 19.3 Å². The van der Waals surface area contributed by atoms with Gasteiger partial charge in [0.15, 0.2) is 0 Å². The second-order valence-corrected chi connectivity index (χ2v) is 6.73. The summed E-state index contributed by atoms with van der Waals surface area (Å²) in [6, 6.07) is 6.03. The number of hydrogen-bond donors (Lipinski definition) is 1. The molecule has 2 saturated heterocycles. The molecule has 0 amide bonds. The van der Waals surface area contributed by atoms with Crippen LogP contribution in [-0.4, -0.2) is 62.2 Å². The molecule has 5 heteroatoms. The van der Waals surface area contributed by atoms with Crippen molar-refractivity contribution in [2.75, 3.05) is 40.0 Å². The van der Waals surface area contributed by atoms with Crippen LogP contribution >= 0.6 is 0 Å². The third-order valence-electron chi connectivity index (χ3n) is 4.95. The second-order valence-electron chi connectivity index (χ2n) is 6.73. The lowest BCUT2D eigenvalue weighted by atomic mass is 10.0. The van der Waals surface area contributed by atoms with E-state index in [9.17, 15) is 5.11 Å². The lowest BCUT2D eigenvalue weighted by Crippen LogP contribution is -2.34. The molecule has 0 radical (unpaired) electrons. The summed E-state index contributed by atoms with van der Waals surface area (Å²) in [4.78, 5) is 2.47. The molecule has 0 aliphatic carbocycles. The summed E-state index contributed by atoms with van der Waals surface area (Å²) >= 11 is 0. The Morgan fingerprint density at radius 3 is 2.92 bits per heavy atom. The molecule has 2 heterocycles. The summed E-state index contributed by atoms with van der Waals surface area (Å²) in [5.41, 5.74) is 2.04. The van der Waals surface area contributed by atoms with Gasteiger partial charge in [0.2, 0.25) is 0 Å². The van der Waals surface area contributed by atoms with Crippen molar-refractivity contribution in [2.45, 2.75) is 44.5 Å². The van der Waals surface area contributed by atoms with Crippen molar-refractivity contribution < 1.29 is 19.3 Å². The van der Waals surface area contributed by atoms with Gasteiger partial charge in [-0.05, 0) is 43.4 Å². The van der Waals surface area contributed by atoms with Crippen LogP contribution in [0.4, 0.5) is 0 Å². The standard InChI is InChI=1S/C19H29NO4/c1-22-19-6-3-15(11-16(19)14-21)12-17-4-5-18(24-17)13-20-7-2-9-23-10-8-20/h3,6,11,17-18,21H,2,4-5,7-10,12-14H2,1H3/t17-,18+/m0/s1. The molecule has 1 aromatic rings. The lowest BCUT2D eigenvalue weighted by molar-refractivity contribution is 0.0228. The molecule has 0 unspecified atom stereocenters. The molecule has 0 spiro atoms. The second kappa shape index (κ2) is 8.81. The highest BCUT2D eigenvalue weighted by molar-refractivity contribution is 5.37. The maximum Gasteiger partial charge on any atom is 0.124 e. The van der Waals surface area contributed by atoms with E-state index in [1.165, 1.54) is 5.56 Å². The molecule has 134 valence electrons. The molecule has 0 saturated carbocycles. The topological polar surface area (TPSA) is 51.2 Å². The number of rotatable bonds is 6. The fourth-order valence-corrected chi connectivity index (χ4v) is 3.68. The third kappa shape index (κ3) is 4.70. The Morgan fingerprint density at radius 1 is 1.21 bits per heavy atom. The van der Waals surface area contributed by atoms with Gasteiger partial charge in [0.05, 0.1) is 32.5 Å². The number of benzene rings is 1. The van der Waals surface area contributed by atoms with Crippen molar-refractivity contribution in [1.29, 1.82) is 0 Å². The van der Waals surface area contributed by atoms with Crippen molar-refractivity contribution in [2.24, 2.45) is 0 Å². The van der Waals surface area contributed by atoms with Crippen LogP contribution in [0.5, 0.6) is 5.75 Å². The maximum atomic E-state index is 9.46. The zero-order valence-corrected chi connectivity index (χ0v) is 14.6. The van der Waals surface area contributed by atoms with Crippen LogP contribution in [0.2, 0.25) is 0 Å². The van der Waals surface area contributed by atoms with Gasteiger partial charge in [-0.25, -0.2) is 0 Å². The Kier molecular flexibility index (Phi) is 6.49. The van der Waals surface area contributed by atoms with Crippen LogP contribution < -0.4 is 4.74 Å². The van der Waals surface area contributed by atoms with E-state index < -0.39 is 0 Å². The van der Waals surface area contributed by atoms with E-state index in [0.717, 1.165) is 69.8 Å². The fraction of sp³-hybridized carbons (Fsp3) is 0.684. The van der Waals surface area contributed by atoms with E-state index in [-0.39, 0.29) is 12.7 Å². The molecule has 2 aliphatic rings. The van der Waals surface area contributed by atoms with Crippen molar-refractivity contribution in [3.05, 3.63) is 29.3 Å². The molecular weight excluding hydrogens is 306 g/mol. The van der Waals surface area contributed by atoms with Crippen molar-refractivity contribution in [3.8, 4) is 5.75 Å². The molecule has 24 heavy (non-hydrogen) atoms. The minimum atomic E-state index is 0.00218. The van der Waals surface area contributed by atoms with Gasteiger partial charge in [0.25, 0.3) is 0 Å². The van der Waals surface area contributed by atoms with Crippen LogP contribution in [0, 0.1) is 0 Å². The SMILES string of the molecule is COc1ccc(C[C@@H]2CC[C@H](CN3CCCOCC3)O2)cc1CO. The quantitative estimate of drug-likeness (QED) is 0.862. The molecule has 3 rings (SSSR count). The summed E-state index contributed by atoms with van der Waals surface area (Å²) in [5.74, 6) is 0.745. The normalized spacial score (nSPS) is 25.6. The van der Waals surface area contributed by atoms with Gasteiger partial charge >= 0.3 is 0 Å². The average molecular weight is 335 g/mol. The van der Waals surface area contributed by atoms with E-state index in [2.05, 4.69) is 11.0 Å². The van der Waals surface area contributed by atoms with Crippen LogP contribution in [-0.2, 0) is 22.5 Å². The monoisotopic (exact) mass is 335 g/mol. The average Bonchev–Trinajstić information content (AvgIpc) is 2.87. The van der Waals surface area contributed by atoms with Crippen molar-refractivity contribution in [1.82, 2.24) is 4.90 Å². The number of aliphatic hydroxyl groups excluding tert-OH is 1. The Morgan fingerprint density at radius 2 is 2.08 bits per heavy atom. The zero-order chi connectivity index (χ0) is 16.8. The van der Waals surface area contributed by atoms with Gasteiger partial charge in [-0.1, -0.05) is 6.07 Å². The number of hydrogen-bond acceptors (Lipinski definition) is 5. The van der Waals surface area contributed by atoms with Crippen LogP contribution in [0.1, 0.15) is 30.4 Å². The van der Waals surface area contributed by atoms with Crippen LogP contribution in [0.25, 0.3) is 0 Å². The van der Waals surface area contributed by atoms with Gasteiger partial charge in [-0.3, -0.25) is 4.90 Å². The van der Waals surface area contributed by atoms with Crippen molar-refractivity contribution in [3.63, 3.8) is 0 Å². The smallest absolute Gasteiger partial charge is 0.124 e. The first-order valence-electron chi connectivity index (χ1n) is 9.00. The number of methoxy groups -OCH3 is 1. The number of nitrogens with zero attached hydrogens (tertiary/aromatic N) is 1. The molecule has 1 aromatic carbocycles. The van der Waals surface area contributed by atoms with Gasteiger partial charge in [-0.2, -0.15) is 0 Å². The van der Waals surface area contributed by atoms with E-state index in [1.54, 1.807) is 7.11 Å². The summed E-state index contributed by atoms with van der Waals surface area (Å²) in [5, 5.41) is 9.46. The van der Waals surface area contributed by atoms with Gasteiger partial charge in [0.1, 0.15) is 5.75 Å². The minimum absolute atomic E-state index is 0.00218. The van der Waals surface area contributed by atoms with E-state index in [0.29, 0.717) is 6.10 Å². The largest absolute Gasteiger partial charge is 0.496 e. The number of ether oxygens (including phenoxy) is 3. The lowest BCUT2D eigenvalue weighted by Gasteiger charge is -2.23. The molecule has 5 nitrogen and oxygen atoms in total. The third-order valence-corrected chi connectivity index (χ3v) is 4.95. The summed E-state index contributed by atoms with van der Waals surface area (Å²) in [7, 11) is 1.63. The predicted octanol–water partition coefficient (Wildman–Crippen LogP) is 2.00. The molecule has 2 fully saturated rings. The first kappa shape index (κ1) is 17.7. The highest BCUT2D eigenvalue weighted by Crippen LogP contribution is 2.26. The summed E-state index contributed by atoms with van der Waals surface area (Å²) in [6.07, 6.45) is 4.87. The van der Waals surface area contributed by atoms with Gasteiger partial charge in [-0.15, -0.1) is 0 Å². The zero-order valence-electron chi connectivity index (χ0n) is 14.6. The molecule has 0 aromatic heterocycles. The highest BCUT2D eigenvalue weighted by Gasteiger charge is 2.27. The summed E-state index contributed by atoms with van der Waals surface area (Å²) < 4.78 is 17.0. The molecular formula is C19H29NO4. The Bertz CT molecular complexity index is 514. The Hall–Kier alpha value is -1.14. The Labute approximate surface area is 144 Å².